The summed E-state index contributed by atoms with van der Waals surface area (Å²) < 4.78 is 1.57. The van der Waals surface area contributed by atoms with E-state index in [1.807, 2.05) is 0 Å². The first kappa shape index (κ1) is 7.53. The maximum absolute atomic E-state index is 10.8. The van der Waals surface area contributed by atoms with Crippen LogP contribution in [0.15, 0.2) is 24.9 Å². The molecule has 4 nitrogen and oxygen atoms in total. The van der Waals surface area contributed by atoms with Gasteiger partial charge in [0.05, 0.1) is 6.20 Å². The number of aromatic nitrogens is 2. The van der Waals surface area contributed by atoms with E-state index in [1.165, 1.54) is 6.08 Å². The van der Waals surface area contributed by atoms with E-state index < -0.39 is 0 Å². The minimum Gasteiger partial charge on any atom is -0.307 e. The topological polar surface area (TPSA) is 46.9 Å². The van der Waals surface area contributed by atoms with E-state index in [0.717, 1.165) is 0 Å². The van der Waals surface area contributed by atoms with Crippen LogP contribution in [-0.4, -0.2) is 15.7 Å². The van der Waals surface area contributed by atoms with Gasteiger partial charge in [-0.2, -0.15) is 5.10 Å². The number of hydrogen-bond donors (Lipinski definition) is 1. The number of nitrogens with one attached hydrogen (secondary N) is 1. The summed E-state index contributed by atoms with van der Waals surface area (Å²) in [5, 5.41) is 6.45. The van der Waals surface area contributed by atoms with E-state index >= 15 is 0 Å². The largest absolute Gasteiger partial charge is 0.307 e. The Balaban J connectivity index is 2.71. The Hall–Kier alpha value is -1.58. The second-order valence-electron chi connectivity index (χ2n) is 2.03. The minimum absolute atomic E-state index is 0.228. The third-order valence-corrected chi connectivity index (χ3v) is 1.26. The molecule has 1 aromatic rings. The average molecular weight is 151 g/mol. The molecule has 4 heteroatoms. The van der Waals surface area contributed by atoms with Crippen LogP contribution in [0.5, 0.6) is 0 Å². The van der Waals surface area contributed by atoms with E-state index in [0.29, 0.717) is 5.82 Å². The van der Waals surface area contributed by atoms with Crippen LogP contribution in [0.1, 0.15) is 0 Å². The SMILES string of the molecule is C=CC(=O)Nc1ccnn1C. The summed E-state index contributed by atoms with van der Waals surface area (Å²) in [5.74, 6) is 0.434. The summed E-state index contributed by atoms with van der Waals surface area (Å²) in [6, 6.07) is 1.71. The van der Waals surface area contributed by atoms with Gasteiger partial charge in [-0.15, -0.1) is 0 Å². The van der Waals surface area contributed by atoms with Gasteiger partial charge in [0.25, 0.3) is 0 Å². The highest BCUT2D eigenvalue weighted by atomic mass is 16.1. The first-order valence-corrected chi connectivity index (χ1v) is 3.15. The number of anilines is 1. The van der Waals surface area contributed by atoms with Crippen molar-refractivity contribution in [1.29, 1.82) is 0 Å². The maximum Gasteiger partial charge on any atom is 0.248 e. The lowest BCUT2D eigenvalue weighted by atomic mass is 10.5. The summed E-state index contributed by atoms with van der Waals surface area (Å²) in [7, 11) is 1.75. The van der Waals surface area contributed by atoms with Gasteiger partial charge in [-0.05, 0) is 6.08 Å². The van der Waals surface area contributed by atoms with Crippen LogP contribution < -0.4 is 5.32 Å². The van der Waals surface area contributed by atoms with Gasteiger partial charge in [0.2, 0.25) is 5.91 Å². The molecular formula is C7H9N3O. The fourth-order valence-corrected chi connectivity index (χ4v) is 0.674. The Kier molecular flexibility index (Phi) is 2.06. The summed E-state index contributed by atoms with van der Waals surface area (Å²) >= 11 is 0. The third kappa shape index (κ3) is 1.67. The zero-order valence-corrected chi connectivity index (χ0v) is 6.24. The second-order valence-corrected chi connectivity index (χ2v) is 2.03. The van der Waals surface area contributed by atoms with Crippen molar-refractivity contribution in [3.05, 3.63) is 24.9 Å². The molecule has 0 aromatic carbocycles. The number of hydrogen-bond acceptors (Lipinski definition) is 2. The Morgan fingerprint density at radius 1 is 1.91 bits per heavy atom. The normalized spacial score (nSPS) is 9.18. The van der Waals surface area contributed by atoms with Crippen LogP contribution in [0.25, 0.3) is 0 Å². The van der Waals surface area contributed by atoms with Gasteiger partial charge < -0.3 is 5.32 Å². The lowest BCUT2D eigenvalue weighted by Gasteiger charge is -2.00. The molecule has 0 bridgehead atoms. The molecule has 1 aromatic heterocycles. The lowest BCUT2D eigenvalue weighted by Crippen LogP contribution is -2.10. The molecule has 0 radical (unpaired) electrons. The summed E-state index contributed by atoms with van der Waals surface area (Å²) in [6.07, 6.45) is 2.83. The molecule has 1 N–H and O–H groups in total. The van der Waals surface area contributed by atoms with Gasteiger partial charge >= 0.3 is 0 Å². The number of aryl methyl sites for hydroxylation is 1. The summed E-state index contributed by atoms with van der Waals surface area (Å²) in [6.45, 7) is 3.33. The third-order valence-electron chi connectivity index (χ3n) is 1.26. The Morgan fingerprint density at radius 3 is 3.09 bits per heavy atom. The van der Waals surface area contributed by atoms with Crippen LogP contribution >= 0.6 is 0 Å². The van der Waals surface area contributed by atoms with Gasteiger partial charge in [0.1, 0.15) is 5.82 Å². The van der Waals surface area contributed by atoms with E-state index in [4.69, 9.17) is 0 Å². The Labute approximate surface area is 64.5 Å². The zero-order valence-electron chi connectivity index (χ0n) is 6.24. The molecule has 0 saturated carbocycles. The molecule has 1 amide bonds. The maximum atomic E-state index is 10.8. The fraction of sp³-hybridized carbons (Fsp3) is 0.143. The summed E-state index contributed by atoms with van der Waals surface area (Å²) in [4.78, 5) is 10.8. The summed E-state index contributed by atoms with van der Waals surface area (Å²) in [5.41, 5.74) is 0. The van der Waals surface area contributed by atoms with Gasteiger partial charge in [0.15, 0.2) is 0 Å². The van der Waals surface area contributed by atoms with Crippen molar-refractivity contribution in [2.75, 3.05) is 5.32 Å². The Bertz CT molecular complexity index is 277. The molecule has 0 aliphatic carbocycles. The van der Waals surface area contributed by atoms with Gasteiger partial charge in [-0.3, -0.25) is 9.48 Å². The van der Waals surface area contributed by atoms with Gasteiger partial charge in [0, 0.05) is 13.1 Å². The predicted molar refractivity (Wildman–Crippen MR) is 42.0 cm³/mol. The van der Waals surface area contributed by atoms with Crippen LogP contribution in [0.3, 0.4) is 0 Å². The zero-order chi connectivity index (χ0) is 8.27. The molecule has 0 atom stereocenters. The Morgan fingerprint density at radius 2 is 2.64 bits per heavy atom. The fourth-order valence-electron chi connectivity index (χ4n) is 0.674. The number of carbonyl (C=O) groups excluding carboxylic acids is 1. The predicted octanol–water partition coefficient (Wildman–Crippen LogP) is 0.545. The lowest BCUT2D eigenvalue weighted by molar-refractivity contribution is -0.111. The number of carbonyl (C=O) groups is 1. The molecule has 0 saturated heterocycles. The molecule has 1 rings (SSSR count). The number of amides is 1. The monoisotopic (exact) mass is 151 g/mol. The highest BCUT2D eigenvalue weighted by molar-refractivity contribution is 5.98. The van der Waals surface area contributed by atoms with E-state index in [-0.39, 0.29) is 5.91 Å². The smallest absolute Gasteiger partial charge is 0.248 e. The molecule has 0 aliphatic heterocycles. The van der Waals surface area contributed by atoms with Gasteiger partial charge in [-0.25, -0.2) is 0 Å². The van der Waals surface area contributed by atoms with Crippen molar-refractivity contribution in [1.82, 2.24) is 9.78 Å². The molecule has 11 heavy (non-hydrogen) atoms. The molecule has 58 valence electrons. The van der Waals surface area contributed by atoms with Crippen LogP contribution in [0.2, 0.25) is 0 Å². The van der Waals surface area contributed by atoms with E-state index in [1.54, 1.807) is 24.0 Å². The van der Waals surface area contributed by atoms with Crippen LogP contribution in [0.4, 0.5) is 5.82 Å². The first-order chi connectivity index (χ1) is 5.24. The van der Waals surface area contributed by atoms with Crippen molar-refractivity contribution < 1.29 is 4.79 Å². The minimum atomic E-state index is -0.228. The highest BCUT2D eigenvalue weighted by Crippen LogP contribution is 2.02. The van der Waals surface area contributed by atoms with Gasteiger partial charge in [-0.1, -0.05) is 6.58 Å². The molecule has 0 aliphatic rings. The average Bonchev–Trinajstić information content (AvgIpc) is 2.37. The van der Waals surface area contributed by atoms with Crippen molar-refractivity contribution in [3.63, 3.8) is 0 Å². The number of nitrogens with zero attached hydrogens (tertiary/aromatic N) is 2. The quantitative estimate of drug-likeness (QED) is 0.627. The number of rotatable bonds is 2. The highest BCUT2D eigenvalue weighted by Gasteiger charge is 1.99. The van der Waals surface area contributed by atoms with Crippen molar-refractivity contribution in [2.45, 2.75) is 0 Å². The van der Waals surface area contributed by atoms with E-state index in [9.17, 15) is 4.79 Å². The van der Waals surface area contributed by atoms with Crippen molar-refractivity contribution in [3.8, 4) is 0 Å². The first-order valence-electron chi connectivity index (χ1n) is 3.15. The molecule has 0 fully saturated rings. The van der Waals surface area contributed by atoms with Crippen molar-refractivity contribution in [2.24, 2.45) is 7.05 Å². The standard InChI is InChI=1S/C7H9N3O/c1-3-7(11)9-6-4-5-8-10(6)2/h3-5H,1H2,2H3,(H,9,11). The van der Waals surface area contributed by atoms with Crippen LogP contribution in [0, 0.1) is 0 Å². The van der Waals surface area contributed by atoms with E-state index in [2.05, 4.69) is 17.0 Å². The van der Waals surface area contributed by atoms with Crippen LogP contribution in [-0.2, 0) is 11.8 Å². The molecule has 0 unspecified atom stereocenters. The molecule has 1 heterocycles. The molecule has 0 spiro atoms. The van der Waals surface area contributed by atoms with Crippen molar-refractivity contribution >= 4 is 11.7 Å². The second kappa shape index (κ2) is 3.01. The molecular weight excluding hydrogens is 142 g/mol.